The lowest BCUT2D eigenvalue weighted by Gasteiger charge is -2.20. The van der Waals surface area contributed by atoms with Gasteiger partial charge in [-0.1, -0.05) is 182 Å². The first kappa shape index (κ1) is 43.4. The largest absolute Gasteiger partial charge is 0.489 e. The second-order valence-corrected chi connectivity index (χ2v) is 14.9. The molecule has 0 amide bonds. The fourth-order valence-corrected chi connectivity index (χ4v) is 6.73. The molecule has 0 saturated carbocycles. The summed E-state index contributed by atoms with van der Waals surface area (Å²) < 4.78 is 44.1. The summed E-state index contributed by atoms with van der Waals surface area (Å²) >= 11 is 0. The van der Waals surface area contributed by atoms with Crippen molar-refractivity contribution in [2.75, 3.05) is 0 Å². The summed E-state index contributed by atoms with van der Waals surface area (Å²) in [5.41, 5.74) is 5.22. The van der Waals surface area contributed by atoms with Crippen molar-refractivity contribution in [2.45, 2.75) is 39.6 Å². The van der Waals surface area contributed by atoms with Crippen molar-refractivity contribution >= 4 is 11.9 Å². The number of hydrogen-bond donors (Lipinski definition) is 0. The molecular formula is C56H46O9. The van der Waals surface area contributed by atoms with Gasteiger partial charge in [-0.2, -0.15) is 0 Å². The molecule has 0 radical (unpaired) electrons. The summed E-state index contributed by atoms with van der Waals surface area (Å²) in [5.74, 6) is -0.530. The Morgan fingerprint density at radius 1 is 0.323 bits per heavy atom. The van der Waals surface area contributed by atoms with E-state index in [1.54, 1.807) is 18.2 Å². The summed E-state index contributed by atoms with van der Waals surface area (Å²) in [5, 5.41) is 0. The lowest BCUT2D eigenvalue weighted by molar-refractivity contribution is 0.0461. The van der Waals surface area contributed by atoms with Gasteiger partial charge in [-0.3, -0.25) is 0 Å². The van der Waals surface area contributed by atoms with Gasteiger partial charge in [0.1, 0.15) is 56.7 Å². The first-order valence-electron chi connectivity index (χ1n) is 21.2. The molecule has 8 aromatic rings. The van der Waals surface area contributed by atoms with E-state index in [0.29, 0.717) is 11.5 Å². The summed E-state index contributed by atoms with van der Waals surface area (Å²) in [7, 11) is 0. The Kier molecular flexibility index (Phi) is 14.8. The maximum atomic E-state index is 14.7. The Balaban J connectivity index is 1.19. The molecule has 0 unspecified atom stereocenters. The molecule has 324 valence electrons. The monoisotopic (exact) mass is 862 g/mol. The molecular weight excluding hydrogens is 817 g/mol. The van der Waals surface area contributed by atoms with Gasteiger partial charge in [0.05, 0.1) is 5.56 Å². The molecule has 8 rings (SSSR count). The summed E-state index contributed by atoms with van der Waals surface area (Å²) in [6.45, 7) is 0.790. The van der Waals surface area contributed by atoms with E-state index in [1.807, 2.05) is 182 Å². The lowest BCUT2D eigenvalue weighted by atomic mass is 10.1. The van der Waals surface area contributed by atoms with E-state index < -0.39 is 11.9 Å². The van der Waals surface area contributed by atoms with Crippen LogP contribution in [0.2, 0.25) is 0 Å². The van der Waals surface area contributed by atoms with Gasteiger partial charge in [0.15, 0.2) is 17.2 Å². The first-order chi connectivity index (χ1) is 32.0. The van der Waals surface area contributed by atoms with Gasteiger partial charge in [0, 0.05) is 12.1 Å². The predicted molar refractivity (Wildman–Crippen MR) is 247 cm³/mol. The van der Waals surface area contributed by atoms with Crippen LogP contribution >= 0.6 is 0 Å². The lowest BCUT2D eigenvalue weighted by Crippen LogP contribution is -2.16. The van der Waals surface area contributed by atoms with Crippen molar-refractivity contribution in [1.82, 2.24) is 0 Å². The van der Waals surface area contributed by atoms with Gasteiger partial charge in [-0.05, 0) is 45.5 Å². The van der Waals surface area contributed by atoms with Crippen LogP contribution in [0, 0.1) is 0 Å². The number of benzene rings is 8. The van der Waals surface area contributed by atoms with Crippen LogP contribution in [0.15, 0.2) is 206 Å². The van der Waals surface area contributed by atoms with E-state index in [9.17, 15) is 9.59 Å². The minimum absolute atomic E-state index is 0.0356. The molecule has 0 spiro atoms. The molecule has 0 aliphatic rings. The quantitative estimate of drug-likeness (QED) is 0.0548. The van der Waals surface area contributed by atoms with Crippen LogP contribution in [0.25, 0.3) is 0 Å². The van der Waals surface area contributed by atoms with Gasteiger partial charge >= 0.3 is 11.9 Å². The van der Waals surface area contributed by atoms with E-state index in [2.05, 4.69) is 0 Å². The molecule has 0 heterocycles. The maximum Gasteiger partial charge on any atom is 0.346 e. The van der Waals surface area contributed by atoms with Crippen molar-refractivity contribution in [2.24, 2.45) is 0 Å². The molecule has 65 heavy (non-hydrogen) atoms. The molecule has 0 N–H and O–H groups in total. The van der Waals surface area contributed by atoms with Gasteiger partial charge in [-0.25, -0.2) is 9.59 Å². The standard InChI is InChI=1S/C56H46O9/c57-55(47-31-51(61-37-43-23-11-3-12-24-43)54(63-39-45-27-15-5-16-28-45)52(32-47)62-38-44-25-13-4-14-26-44)65-50-34-48(59-35-41-19-7-1-8-20-41)33-49(60-36-42-21-9-2-10-22-42)53(50)56(58)64-40-46-29-17-6-18-30-46/h1-34H,35-40H2. The van der Waals surface area contributed by atoms with E-state index in [1.165, 1.54) is 6.07 Å². The first-order valence-corrected chi connectivity index (χ1v) is 21.2. The van der Waals surface area contributed by atoms with Crippen LogP contribution < -0.4 is 28.4 Å². The SMILES string of the molecule is O=C(Oc1cc(OCc2ccccc2)cc(OCc2ccccc2)c1C(=O)OCc1ccccc1)c1cc(OCc2ccccc2)c(OCc2ccccc2)c(OCc2ccccc2)c1. The number of carbonyl (C=O) groups excluding carboxylic acids is 2. The number of ether oxygens (including phenoxy) is 7. The zero-order chi connectivity index (χ0) is 44.5. The van der Waals surface area contributed by atoms with Crippen molar-refractivity contribution in [1.29, 1.82) is 0 Å². The average molecular weight is 863 g/mol. The maximum absolute atomic E-state index is 14.7. The Bertz CT molecular complexity index is 2680. The molecule has 0 atom stereocenters. The molecule has 9 nitrogen and oxygen atoms in total. The fraction of sp³-hybridized carbons (Fsp3) is 0.107. The van der Waals surface area contributed by atoms with Gasteiger partial charge in [0.25, 0.3) is 0 Å². The molecule has 0 aliphatic carbocycles. The summed E-state index contributed by atoms with van der Waals surface area (Å²) in [6, 6.07) is 63.7. The third-order valence-corrected chi connectivity index (χ3v) is 10.1. The minimum atomic E-state index is -0.819. The van der Waals surface area contributed by atoms with Crippen LogP contribution in [-0.4, -0.2) is 11.9 Å². The molecule has 8 aromatic carbocycles. The van der Waals surface area contributed by atoms with E-state index in [-0.39, 0.29) is 73.8 Å². The zero-order valence-corrected chi connectivity index (χ0v) is 35.5. The molecule has 0 saturated heterocycles. The van der Waals surface area contributed by atoms with E-state index in [0.717, 1.165) is 33.4 Å². The van der Waals surface area contributed by atoms with E-state index >= 15 is 0 Å². The Hall–Kier alpha value is -8.30. The van der Waals surface area contributed by atoms with Gasteiger partial charge in [0.2, 0.25) is 5.75 Å². The fourth-order valence-electron chi connectivity index (χ4n) is 6.73. The number of hydrogen-bond acceptors (Lipinski definition) is 9. The van der Waals surface area contributed by atoms with Crippen LogP contribution in [0.3, 0.4) is 0 Å². The molecule has 0 fully saturated rings. The van der Waals surface area contributed by atoms with Crippen molar-refractivity contribution in [3.63, 3.8) is 0 Å². The molecule has 0 aromatic heterocycles. The number of esters is 2. The van der Waals surface area contributed by atoms with Gasteiger partial charge < -0.3 is 33.2 Å². The highest BCUT2D eigenvalue weighted by atomic mass is 16.6. The third kappa shape index (κ3) is 12.4. The number of rotatable bonds is 20. The van der Waals surface area contributed by atoms with Crippen LogP contribution in [-0.2, 0) is 44.4 Å². The van der Waals surface area contributed by atoms with E-state index in [4.69, 9.17) is 33.2 Å². The Labute approximate surface area is 378 Å². The van der Waals surface area contributed by atoms with Crippen LogP contribution in [0.5, 0.6) is 34.5 Å². The topological polar surface area (TPSA) is 98.8 Å². The molecule has 0 aliphatic heterocycles. The Morgan fingerprint density at radius 2 is 0.662 bits per heavy atom. The Morgan fingerprint density at radius 3 is 1.08 bits per heavy atom. The normalized spacial score (nSPS) is 10.6. The predicted octanol–water partition coefficient (Wildman–Crippen LogP) is 12.2. The smallest absolute Gasteiger partial charge is 0.346 e. The second kappa shape index (κ2) is 22.2. The van der Waals surface area contributed by atoms with Crippen LogP contribution in [0.1, 0.15) is 54.1 Å². The zero-order valence-electron chi connectivity index (χ0n) is 35.5. The van der Waals surface area contributed by atoms with Crippen LogP contribution in [0.4, 0.5) is 0 Å². The highest BCUT2D eigenvalue weighted by molar-refractivity contribution is 5.99. The third-order valence-electron chi connectivity index (χ3n) is 10.1. The molecule has 0 bridgehead atoms. The van der Waals surface area contributed by atoms with Crippen molar-refractivity contribution < 1.29 is 42.7 Å². The second-order valence-electron chi connectivity index (χ2n) is 14.9. The molecule has 9 heteroatoms. The minimum Gasteiger partial charge on any atom is -0.489 e. The van der Waals surface area contributed by atoms with Crippen molar-refractivity contribution in [3.05, 3.63) is 251 Å². The summed E-state index contributed by atoms with van der Waals surface area (Å²) in [4.78, 5) is 29.0. The highest BCUT2D eigenvalue weighted by Crippen LogP contribution is 2.42. The number of carbonyl (C=O) groups is 2. The highest BCUT2D eigenvalue weighted by Gasteiger charge is 2.27. The average Bonchev–Trinajstić information content (AvgIpc) is 3.36. The van der Waals surface area contributed by atoms with Gasteiger partial charge in [-0.15, -0.1) is 0 Å². The van der Waals surface area contributed by atoms with Crippen molar-refractivity contribution in [3.8, 4) is 34.5 Å². The summed E-state index contributed by atoms with van der Waals surface area (Å²) in [6.07, 6.45) is 0.